The molecule has 102 valence electrons. The molecule has 0 spiro atoms. The van der Waals surface area contributed by atoms with E-state index in [0.29, 0.717) is 30.3 Å². The van der Waals surface area contributed by atoms with Crippen LogP contribution in [0.1, 0.15) is 24.3 Å². The third kappa shape index (κ3) is 3.03. The second-order valence-electron chi connectivity index (χ2n) is 3.71. The van der Waals surface area contributed by atoms with Crippen LogP contribution in [0.4, 0.5) is 0 Å². The molecule has 0 aromatic carbocycles. The minimum Gasteiger partial charge on any atom is -0.467 e. The van der Waals surface area contributed by atoms with E-state index < -0.39 is 5.97 Å². The fourth-order valence-electron chi connectivity index (χ4n) is 1.60. The van der Waals surface area contributed by atoms with Crippen LogP contribution in [-0.4, -0.2) is 35.4 Å². The number of carbonyl (C=O) groups is 1. The molecule has 0 unspecified atom stereocenters. The monoisotopic (exact) mass is 264 g/mol. The number of pyridine rings is 1. The summed E-state index contributed by atoms with van der Waals surface area (Å²) in [6.45, 7) is 4.78. The van der Waals surface area contributed by atoms with Gasteiger partial charge in [-0.2, -0.15) is 0 Å². The summed E-state index contributed by atoms with van der Waals surface area (Å²) in [5.74, 6) is 0.250. The maximum Gasteiger partial charge on any atom is 0.356 e. The Hall–Kier alpha value is -2.08. The standard InChI is InChI=1S/C13H16N2O4/c1-3-17-9-19-10-5-6-15-11(13(16)18-4-2)8-14-12(15)7-10/h5-8H,3-4,9H2,1-2H3. The molecule has 0 bridgehead atoms. The van der Waals surface area contributed by atoms with E-state index in [0.717, 1.165) is 0 Å². The van der Waals surface area contributed by atoms with Crippen LogP contribution < -0.4 is 4.74 Å². The normalized spacial score (nSPS) is 10.6. The minimum absolute atomic E-state index is 0.193. The Morgan fingerprint density at radius 1 is 1.37 bits per heavy atom. The number of carbonyl (C=O) groups excluding carboxylic acids is 1. The lowest BCUT2D eigenvalue weighted by Crippen LogP contribution is -2.08. The summed E-state index contributed by atoms with van der Waals surface area (Å²) in [4.78, 5) is 15.8. The molecule has 0 aliphatic heterocycles. The third-order valence-electron chi connectivity index (χ3n) is 2.48. The molecule has 2 aromatic rings. The van der Waals surface area contributed by atoms with Crippen molar-refractivity contribution in [3.63, 3.8) is 0 Å². The van der Waals surface area contributed by atoms with Gasteiger partial charge in [-0.3, -0.25) is 4.40 Å². The highest BCUT2D eigenvalue weighted by Crippen LogP contribution is 2.16. The second-order valence-corrected chi connectivity index (χ2v) is 3.71. The van der Waals surface area contributed by atoms with Crippen LogP contribution >= 0.6 is 0 Å². The van der Waals surface area contributed by atoms with Crippen LogP contribution in [0.5, 0.6) is 5.75 Å². The minimum atomic E-state index is -0.391. The first-order valence-electron chi connectivity index (χ1n) is 6.11. The van der Waals surface area contributed by atoms with E-state index in [-0.39, 0.29) is 6.79 Å². The first-order valence-corrected chi connectivity index (χ1v) is 6.11. The van der Waals surface area contributed by atoms with Gasteiger partial charge in [-0.15, -0.1) is 0 Å². The van der Waals surface area contributed by atoms with E-state index >= 15 is 0 Å². The van der Waals surface area contributed by atoms with Gasteiger partial charge in [0, 0.05) is 18.9 Å². The van der Waals surface area contributed by atoms with E-state index in [1.54, 1.807) is 29.7 Å². The topological polar surface area (TPSA) is 62.1 Å². The highest BCUT2D eigenvalue weighted by Gasteiger charge is 2.13. The van der Waals surface area contributed by atoms with Gasteiger partial charge in [0.2, 0.25) is 0 Å². The van der Waals surface area contributed by atoms with Crippen molar-refractivity contribution < 1.29 is 19.0 Å². The molecule has 0 fully saturated rings. The first-order chi connectivity index (χ1) is 9.26. The molecule has 2 rings (SSSR count). The largest absolute Gasteiger partial charge is 0.467 e. The van der Waals surface area contributed by atoms with Crippen LogP contribution in [0.15, 0.2) is 24.5 Å². The van der Waals surface area contributed by atoms with Gasteiger partial charge in [-0.25, -0.2) is 9.78 Å². The summed E-state index contributed by atoms with van der Waals surface area (Å²) >= 11 is 0. The first kappa shape index (κ1) is 13.4. The molecule has 0 N–H and O–H groups in total. The van der Waals surface area contributed by atoms with Gasteiger partial charge in [0.1, 0.15) is 11.4 Å². The average Bonchev–Trinajstić information content (AvgIpc) is 2.82. The zero-order chi connectivity index (χ0) is 13.7. The molecule has 0 radical (unpaired) electrons. The van der Waals surface area contributed by atoms with Gasteiger partial charge in [0.25, 0.3) is 0 Å². The number of nitrogens with zero attached hydrogens (tertiary/aromatic N) is 2. The van der Waals surface area contributed by atoms with E-state index in [1.807, 2.05) is 6.92 Å². The lowest BCUT2D eigenvalue weighted by molar-refractivity contribution is 0.0224. The van der Waals surface area contributed by atoms with E-state index in [2.05, 4.69) is 4.98 Å². The number of rotatable bonds is 6. The Labute approximate surface area is 110 Å². The lowest BCUT2D eigenvalue weighted by Gasteiger charge is -2.06. The molecule has 0 aliphatic carbocycles. The van der Waals surface area contributed by atoms with Gasteiger partial charge in [0.05, 0.1) is 12.8 Å². The summed E-state index contributed by atoms with van der Waals surface area (Å²) < 4.78 is 17.1. The number of hydrogen-bond acceptors (Lipinski definition) is 5. The maximum atomic E-state index is 11.7. The van der Waals surface area contributed by atoms with Crippen LogP contribution in [0.2, 0.25) is 0 Å². The van der Waals surface area contributed by atoms with Gasteiger partial charge >= 0.3 is 5.97 Å². The molecule has 0 saturated heterocycles. The molecule has 0 aliphatic rings. The van der Waals surface area contributed by atoms with Crippen molar-refractivity contribution in [1.82, 2.24) is 9.38 Å². The molecule has 2 aromatic heterocycles. The summed E-state index contributed by atoms with van der Waals surface area (Å²) in [5.41, 5.74) is 1.02. The van der Waals surface area contributed by atoms with E-state index in [1.165, 1.54) is 6.20 Å². The number of hydrogen-bond donors (Lipinski definition) is 0. The molecule has 6 nitrogen and oxygen atoms in total. The molecule has 0 saturated carbocycles. The summed E-state index contributed by atoms with van der Waals surface area (Å²) in [6.07, 6.45) is 3.20. The fraction of sp³-hybridized carbons (Fsp3) is 0.385. The van der Waals surface area contributed by atoms with Gasteiger partial charge in [-0.05, 0) is 19.9 Å². The SMILES string of the molecule is CCOCOc1ccn2c(C(=O)OCC)cnc2c1. The van der Waals surface area contributed by atoms with Crippen LogP contribution in [0, 0.1) is 0 Å². The average molecular weight is 264 g/mol. The molecular weight excluding hydrogens is 248 g/mol. The Morgan fingerprint density at radius 3 is 2.95 bits per heavy atom. The Kier molecular flexibility index (Phi) is 4.35. The highest BCUT2D eigenvalue weighted by atomic mass is 16.7. The zero-order valence-electron chi connectivity index (χ0n) is 11.0. The van der Waals surface area contributed by atoms with Gasteiger partial charge in [-0.1, -0.05) is 0 Å². The van der Waals surface area contributed by atoms with E-state index in [4.69, 9.17) is 14.2 Å². The second kappa shape index (κ2) is 6.19. The number of fused-ring (bicyclic) bond motifs is 1. The number of imidazole rings is 1. The molecule has 6 heteroatoms. The van der Waals surface area contributed by atoms with Crippen molar-refractivity contribution in [3.05, 3.63) is 30.2 Å². The lowest BCUT2D eigenvalue weighted by atomic mass is 10.4. The number of ether oxygens (including phenoxy) is 3. The molecule has 0 amide bonds. The van der Waals surface area contributed by atoms with E-state index in [9.17, 15) is 4.79 Å². The number of esters is 1. The summed E-state index contributed by atoms with van der Waals surface area (Å²) in [6, 6.07) is 3.48. The maximum absolute atomic E-state index is 11.7. The predicted molar refractivity (Wildman–Crippen MR) is 68.3 cm³/mol. The Bertz CT molecular complexity index is 565. The summed E-state index contributed by atoms with van der Waals surface area (Å²) in [5, 5.41) is 0. The van der Waals surface area contributed by atoms with Crippen molar-refractivity contribution in [3.8, 4) is 5.75 Å². The Balaban J connectivity index is 2.19. The van der Waals surface area contributed by atoms with Gasteiger partial charge < -0.3 is 14.2 Å². The summed E-state index contributed by atoms with van der Waals surface area (Å²) in [7, 11) is 0. The fourth-order valence-corrected chi connectivity index (χ4v) is 1.60. The zero-order valence-corrected chi connectivity index (χ0v) is 11.0. The highest BCUT2D eigenvalue weighted by molar-refractivity contribution is 5.88. The van der Waals surface area contributed by atoms with Gasteiger partial charge in [0.15, 0.2) is 12.5 Å². The van der Waals surface area contributed by atoms with Crippen molar-refractivity contribution >= 4 is 11.6 Å². The molecular formula is C13H16N2O4. The molecule has 19 heavy (non-hydrogen) atoms. The predicted octanol–water partition coefficient (Wildman–Crippen LogP) is 1.88. The molecule has 2 heterocycles. The van der Waals surface area contributed by atoms with Crippen LogP contribution in [0.25, 0.3) is 5.65 Å². The molecule has 0 atom stereocenters. The Morgan fingerprint density at radius 2 is 2.21 bits per heavy atom. The van der Waals surface area contributed by atoms with Crippen molar-refractivity contribution in [1.29, 1.82) is 0 Å². The number of aromatic nitrogens is 2. The van der Waals surface area contributed by atoms with Crippen molar-refractivity contribution in [2.24, 2.45) is 0 Å². The van der Waals surface area contributed by atoms with Crippen LogP contribution in [-0.2, 0) is 9.47 Å². The van der Waals surface area contributed by atoms with Crippen molar-refractivity contribution in [2.45, 2.75) is 13.8 Å². The third-order valence-corrected chi connectivity index (χ3v) is 2.48. The van der Waals surface area contributed by atoms with Crippen LogP contribution in [0.3, 0.4) is 0 Å². The smallest absolute Gasteiger partial charge is 0.356 e. The van der Waals surface area contributed by atoms with Crippen molar-refractivity contribution in [2.75, 3.05) is 20.0 Å². The quantitative estimate of drug-likeness (QED) is 0.453.